The summed E-state index contributed by atoms with van der Waals surface area (Å²) >= 11 is 0. The Balaban J connectivity index is 2.62. The van der Waals surface area contributed by atoms with Gasteiger partial charge in [0.15, 0.2) is 20.5 Å². The molecule has 1 N–H and O–H groups in total. The van der Waals surface area contributed by atoms with Gasteiger partial charge < -0.3 is 28.7 Å². The lowest BCUT2D eigenvalue weighted by molar-refractivity contribution is -0.191. The van der Waals surface area contributed by atoms with Crippen LogP contribution in [0.3, 0.4) is 0 Å². The van der Waals surface area contributed by atoms with Gasteiger partial charge in [-0.15, -0.1) is 0 Å². The number of carbonyl (C=O) groups is 4. The highest BCUT2D eigenvalue weighted by Gasteiger charge is 2.49. The van der Waals surface area contributed by atoms with Gasteiger partial charge in [-0.1, -0.05) is 20.8 Å². The van der Waals surface area contributed by atoms with E-state index in [0.29, 0.717) is 0 Å². The van der Waals surface area contributed by atoms with Crippen molar-refractivity contribution in [3.05, 3.63) is 22.7 Å². The number of esters is 3. The van der Waals surface area contributed by atoms with E-state index in [0.717, 1.165) is 4.57 Å². The van der Waals surface area contributed by atoms with Crippen LogP contribution in [0.5, 0.6) is 0 Å². The predicted molar refractivity (Wildman–Crippen MR) is 141 cm³/mol. The SMILES string of the molecule is CC(=O)Nc1ccn([C@H]2C[C@H](OC(C)=O)[C@H](OC(C)=O)[C@H](OC(C)=O)[C@@H](CO[Si](C)(C)C(C)(C)C)O2)c(=O)n1. The summed E-state index contributed by atoms with van der Waals surface area (Å²) in [7, 11) is -2.34. The lowest BCUT2D eigenvalue weighted by Gasteiger charge is -2.39. The average Bonchev–Trinajstić information content (AvgIpc) is 2.88. The zero-order valence-electron chi connectivity index (χ0n) is 23.9. The molecule has 1 aromatic rings. The minimum Gasteiger partial charge on any atom is -0.458 e. The van der Waals surface area contributed by atoms with Crippen LogP contribution in [0.4, 0.5) is 5.82 Å². The minimum absolute atomic E-state index is 0.0438. The summed E-state index contributed by atoms with van der Waals surface area (Å²) < 4.78 is 30.5. The van der Waals surface area contributed by atoms with Gasteiger partial charge >= 0.3 is 23.6 Å². The second-order valence-corrected chi connectivity index (χ2v) is 15.7. The average molecular weight is 570 g/mol. The number of nitrogens with zero attached hydrogens (tertiary/aromatic N) is 2. The summed E-state index contributed by atoms with van der Waals surface area (Å²) in [5.41, 5.74) is -0.758. The summed E-state index contributed by atoms with van der Waals surface area (Å²) in [6.45, 7) is 15.0. The van der Waals surface area contributed by atoms with E-state index < -0.39 is 68.5 Å². The molecule has 1 amide bonds. The first-order chi connectivity index (χ1) is 17.9. The molecule has 5 atom stereocenters. The van der Waals surface area contributed by atoms with Crippen molar-refractivity contribution in [2.75, 3.05) is 11.9 Å². The summed E-state index contributed by atoms with van der Waals surface area (Å²) in [6.07, 6.45) is -4.53. The van der Waals surface area contributed by atoms with Crippen LogP contribution in [0, 0.1) is 0 Å². The van der Waals surface area contributed by atoms with E-state index in [-0.39, 0.29) is 23.9 Å². The number of hydrogen-bond donors (Lipinski definition) is 1. The largest absolute Gasteiger partial charge is 0.458 e. The molecule has 39 heavy (non-hydrogen) atoms. The Morgan fingerprint density at radius 3 is 2.08 bits per heavy atom. The molecule has 0 aromatic carbocycles. The Kier molecular flexibility index (Phi) is 10.6. The van der Waals surface area contributed by atoms with Crippen molar-refractivity contribution in [3.63, 3.8) is 0 Å². The molecular formula is C25H39N3O10Si. The third-order valence-corrected chi connectivity index (χ3v) is 11.1. The van der Waals surface area contributed by atoms with Gasteiger partial charge in [-0.3, -0.25) is 23.7 Å². The number of anilines is 1. The Morgan fingerprint density at radius 1 is 1.03 bits per heavy atom. The molecule has 14 heteroatoms. The zero-order chi connectivity index (χ0) is 29.7. The third-order valence-electron chi connectivity index (χ3n) is 6.60. The summed E-state index contributed by atoms with van der Waals surface area (Å²) in [5.74, 6) is -2.43. The maximum Gasteiger partial charge on any atom is 0.351 e. The van der Waals surface area contributed by atoms with Crippen molar-refractivity contribution in [1.82, 2.24) is 9.55 Å². The molecule has 0 aliphatic carbocycles. The number of rotatable bonds is 8. The fourth-order valence-electron chi connectivity index (χ4n) is 3.79. The number of carbonyl (C=O) groups excluding carboxylic acids is 4. The van der Waals surface area contributed by atoms with Gasteiger partial charge in [-0.25, -0.2) is 4.79 Å². The van der Waals surface area contributed by atoms with Crippen molar-refractivity contribution in [1.29, 1.82) is 0 Å². The molecule has 0 radical (unpaired) electrons. The smallest absolute Gasteiger partial charge is 0.351 e. The molecule has 2 heterocycles. The van der Waals surface area contributed by atoms with Crippen LogP contribution in [0.15, 0.2) is 17.1 Å². The highest BCUT2D eigenvalue weighted by molar-refractivity contribution is 6.74. The standard InChI is InChI=1S/C25H39N3O10Si/c1-14(29)26-20-10-11-28(24(33)27-20)21-12-18(35-15(2)30)22(36-16(3)31)23(37-17(4)32)19(38-21)13-34-39(8,9)25(5,6)7/h10-11,18-19,21-23H,12-13H2,1-9H3,(H,26,27,29,33)/t18-,19+,21+,22-,23+/m0/s1. The zero-order valence-corrected chi connectivity index (χ0v) is 24.9. The van der Waals surface area contributed by atoms with Gasteiger partial charge in [0.2, 0.25) is 5.91 Å². The summed E-state index contributed by atoms with van der Waals surface area (Å²) in [4.78, 5) is 64.5. The van der Waals surface area contributed by atoms with E-state index in [2.05, 4.69) is 31.1 Å². The van der Waals surface area contributed by atoms with Crippen molar-refractivity contribution in [2.24, 2.45) is 0 Å². The molecule has 0 saturated carbocycles. The molecule has 1 saturated heterocycles. The van der Waals surface area contributed by atoms with Gasteiger partial charge in [0.25, 0.3) is 0 Å². The number of nitrogens with one attached hydrogen (secondary N) is 1. The van der Waals surface area contributed by atoms with Crippen LogP contribution < -0.4 is 11.0 Å². The number of amides is 1. The lowest BCUT2D eigenvalue weighted by atomic mass is 10.0. The molecule has 1 fully saturated rings. The molecule has 0 bridgehead atoms. The van der Waals surface area contributed by atoms with Crippen LogP contribution in [0.2, 0.25) is 18.1 Å². The Morgan fingerprint density at radius 2 is 1.59 bits per heavy atom. The monoisotopic (exact) mass is 569 g/mol. The van der Waals surface area contributed by atoms with Crippen LogP contribution in [-0.2, 0) is 42.6 Å². The highest BCUT2D eigenvalue weighted by atomic mass is 28.4. The molecule has 13 nitrogen and oxygen atoms in total. The van der Waals surface area contributed by atoms with Gasteiger partial charge in [-0.2, -0.15) is 4.98 Å². The normalized spacial score (nSPS) is 23.8. The van der Waals surface area contributed by atoms with E-state index in [1.54, 1.807) is 0 Å². The fraction of sp³-hybridized carbons (Fsp3) is 0.680. The van der Waals surface area contributed by atoms with Crippen molar-refractivity contribution in [2.45, 2.75) is 104 Å². The lowest BCUT2D eigenvalue weighted by Crippen LogP contribution is -2.52. The van der Waals surface area contributed by atoms with Crippen molar-refractivity contribution >= 4 is 38.0 Å². The van der Waals surface area contributed by atoms with Gasteiger partial charge in [-0.05, 0) is 24.2 Å². The summed E-state index contributed by atoms with van der Waals surface area (Å²) in [6, 6.07) is 1.41. The van der Waals surface area contributed by atoms with Crippen LogP contribution in [0.25, 0.3) is 0 Å². The number of hydrogen-bond acceptors (Lipinski definition) is 11. The molecule has 1 aliphatic heterocycles. The molecule has 2 rings (SSSR count). The Bertz CT molecular complexity index is 1130. The molecular weight excluding hydrogens is 530 g/mol. The fourth-order valence-corrected chi connectivity index (χ4v) is 4.80. The van der Waals surface area contributed by atoms with Crippen LogP contribution in [0.1, 0.15) is 61.1 Å². The van der Waals surface area contributed by atoms with Crippen LogP contribution >= 0.6 is 0 Å². The van der Waals surface area contributed by atoms with E-state index >= 15 is 0 Å². The van der Waals surface area contributed by atoms with E-state index in [1.165, 1.54) is 40.0 Å². The maximum absolute atomic E-state index is 13.0. The van der Waals surface area contributed by atoms with E-state index in [4.69, 9.17) is 23.4 Å². The molecule has 1 aliphatic rings. The van der Waals surface area contributed by atoms with Crippen molar-refractivity contribution in [3.8, 4) is 0 Å². The first-order valence-electron chi connectivity index (χ1n) is 12.6. The summed E-state index contributed by atoms with van der Waals surface area (Å²) in [5, 5.41) is 2.27. The number of aromatic nitrogens is 2. The van der Waals surface area contributed by atoms with Gasteiger partial charge in [0.1, 0.15) is 24.3 Å². The minimum atomic E-state index is -2.34. The second-order valence-electron chi connectivity index (χ2n) is 10.9. The molecule has 0 spiro atoms. The maximum atomic E-state index is 13.0. The first kappa shape index (κ1) is 32.1. The van der Waals surface area contributed by atoms with Gasteiger partial charge in [0.05, 0.1) is 6.61 Å². The van der Waals surface area contributed by atoms with E-state index in [9.17, 15) is 24.0 Å². The molecule has 1 aromatic heterocycles. The van der Waals surface area contributed by atoms with Gasteiger partial charge in [0, 0.05) is 40.3 Å². The Labute approximate surface area is 228 Å². The van der Waals surface area contributed by atoms with E-state index in [1.807, 2.05) is 13.1 Å². The Hall–Kier alpha value is -3.10. The predicted octanol–water partition coefficient (Wildman–Crippen LogP) is 2.31. The highest BCUT2D eigenvalue weighted by Crippen LogP contribution is 2.38. The van der Waals surface area contributed by atoms with Crippen LogP contribution in [-0.4, -0.2) is 72.7 Å². The molecule has 218 valence electrons. The number of ether oxygens (including phenoxy) is 4. The first-order valence-corrected chi connectivity index (χ1v) is 15.5. The second kappa shape index (κ2) is 12.8. The molecule has 0 unspecified atom stereocenters. The topological polar surface area (TPSA) is 161 Å². The third kappa shape index (κ3) is 8.97. The van der Waals surface area contributed by atoms with Crippen molar-refractivity contribution < 1.29 is 42.6 Å². The quantitative estimate of drug-likeness (QED) is 0.278.